The number of furan rings is 1. The predicted molar refractivity (Wildman–Crippen MR) is 84.4 cm³/mol. The van der Waals surface area contributed by atoms with Crippen LogP contribution in [0.4, 0.5) is 0 Å². The zero-order chi connectivity index (χ0) is 14.5. The van der Waals surface area contributed by atoms with Crippen LogP contribution >= 0.6 is 23.2 Å². The molecule has 22 heavy (non-hydrogen) atoms. The van der Waals surface area contributed by atoms with E-state index in [0.717, 1.165) is 30.2 Å². The molecule has 0 unspecified atom stereocenters. The lowest BCUT2D eigenvalue weighted by atomic mass is 10.2. The van der Waals surface area contributed by atoms with Crippen LogP contribution in [0.25, 0.3) is 11.3 Å². The lowest BCUT2D eigenvalue weighted by molar-refractivity contribution is -0.001000. The molecule has 0 bridgehead atoms. The molecule has 1 N–H and O–H groups in total. The van der Waals surface area contributed by atoms with E-state index in [9.17, 15) is 0 Å². The fourth-order valence-electron chi connectivity index (χ4n) is 1.84. The van der Waals surface area contributed by atoms with E-state index in [-0.39, 0.29) is 24.8 Å². The molecule has 124 valence electrons. The number of nitrogens with zero attached hydrogens (tertiary/aromatic N) is 1. The minimum Gasteiger partial charge on any atom is -1.00 e. The van der Waals surface area contributed by atoms with Crippen LogP contribution in [0.15, 0.2) is 34.7 Å². The topological polar surface area (TPSA) is 28.4 Å². The zero-order valence-corrected chi connectivity index (χ0v) is 15.4. The van der Waals surface area contributed by atoms with Crippen molar-refractivity contribution in [3.05, 3.63) is 46.1 Å². The molecule has 0 aliphatic carbocycles. The summed E-state index contributed by atoms with van der Waals surface area (Å²) >= 11 is 12.0. The van der Waals surface area contributed by atoms with E-state index >= 15 is 0 Å². The first-order valence-electron chi connectivity index (χ1n) is 6.45. The van der Waals surface area contributed by atoms with Crippen LogP contribution in [0.5, 0.6) is 0 Å². The number of hydrogen-bond acceptors (Lipinski definition) is 3. The number of likely N-dealkylation sites (N-methyl/N-ethyl adjacent to an activating group) is 1. The quantitative estimate of drug-likeness (QED) is 0.580. The van der Waals surface area contributed by atoms with Gasteiger partial charge in [0.05, 0.1) is 6.54 Å². The standard InChI is InChI=1S/C15H18Cl2N2O.2ClH/c1-19(2)6-5-18-10-14-3-4-15(20-14)11-7-12(16)9-13(17)8-11;;/h3-4,7-9,18H,5-6,10H2,1-2H3;2*1H/p-2. The highest BCUT2D eigenvalue weighted by molar-refractivity contribution is 6.35. The van der Waals surface area contributed by atoms with E-state index in [4.69, 9.17) is 27.6 Å². The molecule has 1 heterocycles. The van der Waals surface area contributed by atoms with Crippen molar-refractivity contribution in [2.24, 2.45) is 0 Å². The van der Waals surface area contributed by atoms with E-state index in [1.54, 1.807) is 6.07 Å². The van der Waals surface area contributed by atoms with Gasteiger partial charge in [-0.2, -0.15) is 0 Å². The Hall–Kier alpha value is -0.420. The second kappa shape index (κ2) is 10.4. The highest BCUT2D eigenvalue weighted by Crippen LogP contribution is 2.28. The molecule has 0 atom stereocenters. The smallest absolute Gasteiger partial charge is 0.134 e. The Kier molecular flexibility index (Phi) is 10.2. The summed E-state index contributed by atoms with van der Waals surface area (Å²) in [4.78, 5) is 2.13. The summed E-state index contributed by atoms with van der Waals surface area (Å²) in [6, 6.07) is 9.29. The number of hydrogen-bond donors (Lipinski definition) is 1. The van der Waals surface area contributed by atoms with Crippen LogP contribution in [0.3, 0.4) is 0 Å². The van der Waals surface area contributed by atoms with Crippen molar-refractivity contribution in [2.75, 3.05) is 27.2 Å². The lowest BCUT2D eigenvalue weighted by Gasteiger charge is -2.09. The van der Waals surface area contributed by atoms with Crippen LogP contribution in [-0.2, 0) is 6.54 Å². The Labute approximate surface area is 153 Å². The summed E-state index contributed by atoms with van der Waals surface area (Å²) in [6.45, 7) is 2.63. The molecule has 0 spiro atoms. The summed E-state index contributed by atoms with van der Waals surface area (Å²) in [6.07, 6.45) is 0. The number of nitrogens with one attached hydrogen (secondary N) is 1. The van der Waals surface area contributed by atoms with Crippen molar-refractivity contribution in [2.45, 2.75) is 6.54 Å². The third-order valence-corrected chi connectivity index (χ3v) is 3.28. The molecule has 3 nitrogen and oxygen atoms in total. The summed E-state index contributed by atoms with van der Waals surface area (Å²) in [5, 5.41) is 4.55. The minimum absolute atomic E-state index is 0. The van der Waals surface area contributed by atoms with Gasteiger partial charge >= 0.3 is 0 Å². The van der Waals surface area contributed by atoms with Gasteiger partial charge in [0.2, 0.25) is 0 Å². The van der Waals surface area contributed by atoms with Crippen molar-refractivity contribution in [3.63, 3.8) is 0 Å². The average molecular weight is 384 g/mol. The van der Waals surface area contributed by atoms with Gasteiger partial charge in [-0.05, 0) is 44.4 Å². The lowest BCUT2D eigenvalue weighted by Crippen LogP contribution is -3.00. The second-order valence-electron chi connectivity index (χ2n) is 4.90. The minimum atomic E-state index is 0. The van der Waals surface area contributed by atoms with Gasteiger partial charge in [0.15, 0.2) is 0 Å². The van der Waals surface area contributed by atoms with Crippen molar-refractivity contribution >= 4 is 23.2 Å². The molecule has 0 radical (unpaired) electrons. The van der Waals surface area contributed by atoms with Gasteiger partial charge in [-0.25, -0.2) is 0 Å². The molecule has 0 aliphatic rings. The van der Waals surface area contributed by atoms with E-state index in [0.29, 0.717) is 16.6 Å². The molecule has 1 aromatic heterocycles. The molecule has 0 fully saturated rings. The third-order valence-electron chi connectivity index (χ3n) is 2.84. The van der Waals surface area contributed by atoms with Gasteiger partial charge < -0.3 is 39.4 Å². The molecule has 2 rings (SSSR count). The summed E-state index contributed by atoms with van der Waals surface area (Å²) < 4.78 is 5.79. The maximum absolute atomic E-state index is 6.00. The van der Waals surface area contributed by atoms with Crippen molar-refractivity contribution < 1.29 is 29.2 Å². The first kappa shape index (κ1) is 21.6. The molecule has 0 amide bonds. The van der Waals surface area contributed by atoms with Gasteiger partial charge in [0.1, 0.15) is 11.5 Å². The molecule has 7 heteroatoms. The molecule has 1 aromatic carbocycles. The van der Waals surface area contributed by atoms with E-state index in [1.165, 1.54) is 0 Å². The Morgan fingerprint density at radius 2 is 1.68 bits per heavy atom. The van der Waals surface area contributed by atoms with E-state index < -0.39 is 0 Å². The highest BCUT2D eigenvalue weighted by atomic mass is 35.5. The van der Waals surface area contributed by atoms with Crippen LogP contribution < -0.4 is 30.1 Å². The van der Waals surface area contributed by atoms with Gasteiger partial charge in [-0.15, -0.1) is 0 Å². The van der Waals surface area contributed by atoms with Crippen molar-refractivity contribution in [1.29, 1.82) is 0 Å². The molecule has 0 saturated heterocycles. The Morgan fingerprint density at radius 3 is 2.27 bits per heavy atom. The maximum Gasteiger partial charge on any atom is 0.134 e. The number of rotatable bonds is 6. The van der Waals surface area contributed by atoms with Crippen molar-refractivity contribution in [3.8, 4) is 11.3 Å². The number of halogens is 4. The maximum atomic E-state index is 6.00. The highest BCUT2D eigenvalue weighted by Gasteiger charge is 2.06. The second-order valence-corrected chi connectivity index (χ2v) is 5.78. The predicted octanol–water partition coefficient (Wildman–Crippen LogP) is -2.09. The van der Waals surface area contributed by atoms with Crippen LogP contribution in [-0.4, -0.2) is 32.1 Å². The van der Waals surface area contributed by atoms with Crippen molar-refractivity contribution in [1.82, 2.24) is 10.2 Å². The van der Waals surface area contributed by atoms with Crippen LogP contribution in [0.1, 0.15) is 5.76 Å². The van der Waals surface area contributed by atoms with Gasteiger partial charge in [-0.3, -0.25) is 0 Å². The molecule has 0 saturated carbocycles. The normalized spacial score (nSPS) is 10.2. The number of benzene rings is 1. The Bertz CT molecular complexity index is 552. The van der Waals surface area contributed by atoms with E-state index in [1.807, 2.05) is 24.3 Å². The van der Waals surface area contributed by atoms with Gasteiger partial charge in [0.25, 0.3) is 0 Å². The first-order valence-corrected chi connectivity index (χ1v) is 7.21. The molecule has 0 aliphatic heterocycles. The summed E-state index contributed by atoms with van der Waals surface area (Å²) in [5.74, 6) is 1.67. The molecule has 2 aromatic rings. The summed E-state index contributed by atoms with van der Waals surface area (Å²) in [7, 11) is 4.10. The van der Waals surface area contributed by atoms with Crippen LogP contribution in [0.2, 0.25) is 10.0 Å². The van der Waals surface area contributed by atoms with E-state index in [2.05, 4.69) is 24.3 Å². The SMILES string of the molecule is CN(C)CCNCc1ccc(-c2cc(Cl)cc(Cl)c2)o1.[Cl-].[Cl-]. The van der Waals surface area contributed by atoms with Gasteiger partial charge in [-0.1, -0.05) is 23.2 Å². The first-order chi connectivity index (χ1) is 9.54. The monoisotopic (exact) mass is 382 g/mol. The Balaban J connectivity index is 0.00000220. The summed E-state index contributed by atoms with van der Waals surface area (Å²) in [5.41, 5.74) is 0.891. The average Bonchev–Trinajstić information content (AvgIpc) is 2.82. The van der Waals surface area contributed by atoms with Crippen LogP contribution in [0, 0.1) is 0 Å². The Morgan fingerprint density at radius 1 is 1.05 bits per heavy atom. The third kappa shape index (κ3) is 6.78. The fourth-order valence-corrected chi connectivity index (χ4v) is 2.36. The zero-order valence-electron chi connectivity index (χ0n) is 12.4. The molecular weight excluding hydrogens is 366 g/mol. The molecular formula is C15H18Cl4N2O-2. The van der Waals surface area contributed by atoms with Gasteiger partial charge in [0, 0.05) is 28.7 Å². The largest absolute Gasteiger partial charge is 1.00 e. The fraction of sp³-hybridized carbons (Fsp3) is 0.333.